The summed E-state index contributed by atoms with van der Waals surface area (Å²) in [7, 11) is 0. The van der Waals surface area contributed by atoms with E-state index >= 15 is 0 Å². The quantitative estimate of drug-likeness (QED) is 0.919. The molecule has 0 saturated carbocycles. The zero-order valence-electron chi connectivity index (χ0n) is 8.65. The first-order valence-corrected chi connectivity index (χ1v) is 5.75. The number of hydrogen-bond acceptors (Lipinski definition) is 5. The molecular weight excluding hydrogens is 297 g/mol. The highest BCUT2D eigenvalue weighted by Gasteiger charge is 2.07. The maximum Gasteiger partial charge on any atom is 0.232 e. The summed E-state index contributed by atoms with van der Waals surface area (Å²) in [5, 5.41) is 12.0. The highest BCUT2D eigenvalue weighted by atomic mass is 35.5. The maximum atomic E-state index is 8.80. The van der Waals surface area contributed by atoms with Crippen LogP contribution in [0.1, 0.15) is 5.56 Å². The largest absolute Gasteiger partial charge is 0.323 e. The summed E-state index contributed by atoms with van der Waals surface area (Å²) < 4.78 is 0. The van der Waals surface area contributed by atoms with Crippen molar-refractivity contribution in [1.82, 2.24) is 15.0 Å². The van der Waals surface area contributed by atoms with Crippen molar-refractivity contribution in [1.29, 1.82) is 5.26 Å². The molecule has 0 amide bonds. The molecule has 1 aromatic carbocycles. The molecule has 0 spiro atoms. The number of anilines is 2. The molecule has 1 heterocycles. The third-order valence-electron chi connectivity index (χ3n) is 1.92. The molecule has 0 bridgehead atoms. The van der Waals surface area contributed by atoms with Gasteiger partial charge in [-0.3, -0.25) is 0 Å². The highest BCUT2D eigenvalue weighted by Crippen LogP contribution is 2.25. The molecule has 0 radical (unpaired) electrons. The lowest BCUT2D eigenvalue weighted by atomic mass is 10.2. The second-order valence-electron chi connectivity index (χ2n) is 3.13. The second-order valence-corrected chi connectivity index (χ2v) is 4.21. The van der Waals surface area contributed by atoms with Crippen molar-refractivity contribution in [3.8, 4) is 6.07 Å². The van der Waals surface area contributed by atoms with E-state index < -0.39 is 0 Å². The van der Waals surface area contributed by atoms with Gasteiger partial charge in [0.1, 0.15) is 0 Å². The van der Waals surface area contributed by atoms with Crippen LogP contribution in [0.2, 0.25) is 15.6 Å². The van der Waals surface area contributed by atoms with Gasteiger partial charge in [0.2, 0.25) is 16.5 Å². The molecule has 2 rings (SSSR count). The Kier molecular flexibility index (Phi) is 3.82. The van der Waals surface area contributed by atoms with Crippen molar-refractivity contribution in [2.45, 2.75) is 0 Å². The Morgan fingerprint density at radius 3 is 2.33 bits per heavy atom. The SMILES string of the molecule is N#Cc1ccc(Cl)c(Nc2nc(Cl)nc(Cl)n2)c1. The molecule has 2 aromatic rings. The van der Waals surface area contributed by atoms with Crippen molar-refractivity contribution in [2.75, 3.05) is 5.32 Å². The van der Waals surface area contributed by atoms with E-state index in [-0.39, 0.29) is 16.5 Å². The van der Waals surface area contributed by atoms with E-state index in [1.165, 1.54) is 0 Å². The van der Waals surface area contributed by atoms with Gasteiger partial charge in [-0.05, 0) is 41.4 Å². The van der Waals surface area contributed by atoms with Crippen LogP contribution in [0.15, 0.2) is 18.2 Å². The minimum Gasteiger partial charge on any atom is -0.323 e. The maximum absolute atomic E-state index is 8.80. The van der Waals surface area contributed by atoms with Crippen molar-refractivity contribution in [2.24, 2.45) is 0 Å². The van der Waals surface area contributed by atoms with Crippen LogP contribution in [-0.4, -0.2) is 15.0 Å². The number of nitrogens with zero attached hydrogens (tertiary/aromatic N) is 4. The molecule has 0 atom stereocenters. The summed E-state index contributed by atoms with van der Waals surface area (Å²) >= 11 is 17.3. The lowest BCUT2D eigenvalue weighted by Crippen LogP contribution is -2.00. The third-order valence-corrected chi connectivity index (χ3v) is 2.59. The van der Waals surface area contributed by atoms with E-state index in [2.05, 4.69) is 20.3 Å². The molecule has 1 aromatic heterocycles. The molecule has 18 heavy (non-hydrogen) atoms. The number of halogens is 3. The minimum absolute atomic E-state index is 0.0370. The van der Waals surface area contributed by atoms with Crippen LogP contribution in [0.5, 0.6) is 0 Å². The summed E-state index contributed by atoms with van der Waals surface area (Å²) in [6.45, 7) is 0. The van der Waals surface area contributed by atoms with Gasteiger partial charge >= 0.3 is 0 Å². The van der Waals surface area contributed by atoms with Gasteiger partial charge in [-0.15, -0.1) is 0 Å². The molecule has 0 aliphatic rings. The van der Waals surface area contributed by atoms with Crippen LogP contribution in [0.4, 0.5) is 11.6 Å². The van der Waals surface area contributed by atoms with Crippen LogP contribution >= 0.6 is 34.8 Å². The molecule has 5 nitrogen and oxygen atoms in total. The fraction of sp³-hybridized carbons (Fsp3) is 0. The van der Waals surface area contributed by atoms with Crippen LogP contribution < -0.4 is 5.32 Å². The van der Waals surface area contributed by atoms with E-state index in [1.807, 2.05) is 6.07 Å². The highest BCUT2D eigenvalue weighted by molar-refractivity contribution is 6.33. The van der Waals surface area contributed by atoms with Gasteiger partial charge in [0, 0.05) is 0 Å². The van der Waals surface area contributed by atoms with Crippen molar-refractivity contribution >= 4 is 46.4 Å². The smallest absolute Gasteiger partial charge is 0.232 e. The predicted octanol–water partition coefficient (Wildman–Crippen LogP) is 3.45. The van der Waals surface area contributed by atoms with Gasteiger partial charge in [0.05, 0.1) is 22.3 Å². The van der Waals surface area contributed by atoms with Crippen LogP contribution in [0, 0.1) is 11.3 Å². The standard InChI is InChI=1S/C10H4Cl3N5/c11-6-2-1-5(4-14)3-7(6)15-10-17-8(12)16-9(13)18-10/h1-3H,(H,15,16,17,18). The first-order valence-electron chi connectivity index (χ1n) is 4.62. The molecule has 0 aliphatic carbocycles. The van der Waals surface area contributed by atoms with E-state index in [9.17, 15) is 0 Å². The Hall–Kier alpha value is -1.61. The lowest BCUT2D eigenvalue weighted by Gasteiger charge is -2.07. The van der Waals surface area contributed by atoms with Gasteiger partial charge in [-0.1, -0.05) is 11.6 Å². The summed E-state index contributed by atoms with van der Waals surface area (Å²) in [6, 6.07) is 6.75. The minimum atomic E-state index is -0.0370. The first kappa shape index (κ1) is 12.8. The Morgan fingerprint density at radius 1 is 1.06 bits per heavy atom. The van der Waals surface area contributed by atoms with Gasteiger partial charge in [-0.2, -0.15) is 20.2 Å². The number of nitrogens with one attached hydrogen (secondary N) is 1. The Balaban J connectivity index is 2.36. The third kappa shape index (κ3) is 2.99. The predicted molar refractivity (Wildman–Crippen MR) is 69.3 cm³/mol. The number of aromatic nitrogens is 3. The molecule has 90 valence electrons. The molecule has 1 N–H and O–H groups in total. The monoisotopic (exact) mass is 299 g/mol. The molecule has 0 fully saturated rings. The zero-order chi connectivity index (χ0) is 13.1. The van der Waals surface area contributed by atoms with Gasteiger partial charge in [0.15, 0.2) is 0 Å². The van der Waals surface area contributed by atoms with Gasteiger partial charge < -0.3 is 5.32 Å². The fourth-order valence-electron chi connectivity index (χ4n) is 1.19. The Morgan fingerprint density at radius 2 is 1.72 bits per heavy atom. The van der Waals surface area contributed by atoms with Crippen molar-refractivity contribution < 1.29 is 0 Å². The molecule has 0 unspecified atom stereocenters. The van der Waals surface area contributed by atoms with Gasteiger partial charge in [-0.25, -0.2) is 0 Å². The lowest BCUT2D eigenvalue weighted by molar-refractivity contribution is 1.05. The summed E-state index contributed by atoms with van der Waals surface area (Å²) in [6.07, 6.45) is 0. The van der Waals surface area contributed by atoms with E-state index in [1.54, 1.807) is 18.2 Å². The van der Waals surface area contributed by atoms with Crippen LogP contribution in [0.25, 0.3) is 0 Å². The topological polar surface area (TPSA) is 74.5 Å². The molecule has 0 aliphatic heterocycles. The number of rotatable bonds is 2. The first-order chi connectivity index (χ1) is 8.58. The Labute approximate surface area is 117 Å². The average Bonchev–Trinajstić information content (AvgIpc) is 2.30. The fourth-order valence-corrected chi connectivity index (χ4v) is 1.72. The second kappa shape index (κ2) is 5.36. The number of benzene rings is 1. The van der Waals surface area contributed by atoms with Crippen LogP contribution in [0.3, 0.4) is 0 Å². The van der Waals surface area contributed by atoms with E-state index in [4.69, 9.17) is 40.1 Å². The van der Waals surface area contributed by atoms with E-state index in [0.717, 1.165) is 0 Å². The zero-order valence-corrected chi connectivity index (χ0v) is 10.9. The molecular formula is C10H4Cl3N5. The summed E-state index contributed by atoms with van der Waals surface area (Å²) in [5.41, 5.74) is 0.933. The molecule has 0 saturated heterocycles. The van der Waals surface area contributed by atoms with Crippen molar-refractivity contribution in [3.05, 3.63) is 39.4 Å². The average molecular weight is 301 g/mol. The number of nitriles is 1. The van der Waals surface area contributed by atoms with Crippen LogP contribution in [-0.2, 0) is 0 Å². The van der Waals surface area contributed by atoms with E-state index in [0.29, 0.717) is 16.3 Å². The molecule has 8 heteroatoms. The summed E-state index contributed by atoms with van der Waals surface area (Å²) in [4.78, 5) is 11.3. The Bertz CT molecular complexity index is 618. The van der Waals surface area contributed by atoms with Crippen molar-refractivity contribution in [3.63, 3.8) is 0 Å². The normalized spacial score (nSPS) is 9.89. The van der Waals surface area contributed by atoms with Gasteiger partial charge in [0.25, 0.3) is 0 Å². The summed E-state index contributed by atoms with van der Waals surface area (Å²) in [5.74, 6) is 0.150. The number of hydrogen-bond donors (Lipinski definition) is 1.